The number of nitrogens with one attached hydrogen (secondary N) is 1. The van der Waals surface area contributed by atoms with Crippen molar-refractivity contribution in [2.45, 2.75) is 25.2 Å². The summed E-state index contributed by atoms with van der Waals surface area (Å²) in [6.45, 7) is 3.80. The molecule has 0 unspecified atom stereocenters. The van der Waals surface area contributed by atoms with Gasteiger partial charge in [0, 0.05) is 17.8 Å². The van der Waals surface area contributed by atoms with E-state index in [0.717, 1.165) is 16.7 Å². The molecule has 3 aromatic carbocycles. The Morgan fingerprint density at radius 3 is 2.23 bits per heavy atom. The first kappa shape index (κ1) is 21.9. The molecule has 5 nitrogen and oxygen atoms in total. The van der Waals surface area contributed by atoms with Crippen LogP contribution in [-0.4, -0.2) is 21.4 Å². The summed E-state index contributed by atoms with van der Waals surface area (Å²) in [4.78, 5) is 12.6. The van der Waals surface area contributed by atoms with E-state index in [-0.39, 0.29) is 17.2 Å². The number of rotatable bonds is 6. The Morgan fingerprint density at radius 1 is 0.967 bits per heavy atom. The summed E-state index contributed by atoms with van der Waals surface area (Å²) in [5.74, 6) is -0.172. The summed E-state index contributed by atoms with van der Waals surface area (Å²) in [5, 5.41) is 3.41. The van der Waals surface area contributed by atoms with Gasteiger partial charge < -0.3 is 5.32 Å². The van der Waals surface area contributed by atoms with E-state index >= 15 is 0 Å². The van der Waals surface area contributed by atoms with Crippen molar-refractivity contribution in [1.82, 2.24) is 0 Å². The van der Waals surface area contributed by atoms with Gasteiger partial charge in [0.1, 0.15) is 0 Å². The summed E-state index contributed by atoms with van der Waals surface area (Å²) in [6, 6.07) is 18.9. The average molecular weight is 443 g/mol. The lowest BCUT2D eigenvalue weighted by Gasteiger charge is -2.20. The van der Waals surface area contributed by atoms with E-state index in [2.05, 4.69) is 5.32 Å². The van der Waals surface area contributed by atoms with Gasteiger partial charge in [-0.1, -0.05) is 47.5 Å². The minimum absolute atomic E-state index is 0.167. The molecule has 0 spiro atoms. The average Bonchev–Trinajstić information content (AvgIpc) is 2.71. The lowest BCUT2D eigenvalue weighted by atomic mass is 10.1. The number of carbonyl (C=O) groups is 1. The van der Waals surface area contributed by atoms with E-state index < -0.39 is 10.0 Å². The molecule has 0 saturated carbocycles. The standard InChI is InChI=1S/C23H23ClN2O3S/c1-16-4-12-21(13-5-16)30(28,29)26(3)20-10-7-18(8-11-20)14-23(27)25-22-15-19(24)9-6-17(22)2/h4-13,15H,14H2,1-3H3,(H,25,27). The SMILES string of the molecule is Cc1ccc(S(=O)(=O)N(C)c2ccc(CC(=O)Nc3cc(Cl)ccc3C)cc2)cc1. The van der Waals surface area contributed by atoms with Gasteiger partial charge in [0.2, 0.25) is 5.91 Å². The number of benzene rings is 3. The molecule has 3 aromatic rings. The van der Waals surface area contributed by atoms with Gasteiger partial charge in [-0.05, 0) is 61.4 Å². The second kappa shape index (κ2) is 8.90. The van der Waals surface area contributed by atoms with Crippen molar-refractivity contribution in [3.8, 4) is 0 Å². The Bertz CT molecular complexity index is 1160. The fourth-order valence-corrected chi connectivity index (χ4v) is 4.31. The molecule has 0 bridgehead atoms. The van der Waals surface area contributed by atoms with E-state index in [0.29, 0.717) is 16.4 Å². The molecule has 0 aliphatic carbocycles. The molecule has 1 N–H and O–H groups in total. The third-order valence-corrected chi connectivity index (χ3v) is 6.85. The molecule has 0 atom stereocenters. The van der Waals surface area contributed by atoms with Gasteiger partial charge >= 0.3 is 0 Å². The molecule has 0 aliphatic heterocycles. The molecule has 156 valence electrons. The monoisotopic (exact) mass is 442 g/mol. The van der Waals surface area contributed by atoms with Gasteiger partial charge in [0.15, 0.2) is 0 Å². The van der Waals surface area contributed by atoms with Crippen LogP contribution in [0.1, 0.15) is 16.7 Å². The minimum atomic E-state index is -3.65. The summed E-state index contributed by atoms with van der Waals surface area (Å²) in [5.41, 5.74) is 3.88. The summed E-state index contributed by atoms with van der Waals surface area (Å²) < 4.78 is 26.9. The Hall–Kier alpha value is -2.83. The summed E-state index contributed by atoms with van der Waals surface area (Å²) in [6.07, 6.45) is 0.167. The molecule has 0 aromatic heterocycles. The van der Waals surface area contributed by atoms with E-state index in [1.165, 1.54) is 11.4 Å². The Morgan fingerprint density at radius 2 is 1.60 bits per heavy atom. The maximum atomic E-state index is 12.8. The van der Waals surface area contributed by atoms with Crippen LogP contribution in [0.15, 0.2) is 71.6 Å². The molecule has 3 rings (SSSR count). The van der Waals surface area contributed by atoms with Crippen LogP contribution >= 0.6 is 11.6 Å². The molecular formula is C23H23ClN2O3S. The Kier molecular flexibility index (Phi) is 6.48. The number of carbonyl (C=O) groups excluding carboxylic acids is 1. The van der Waals surface area contributed by atoms with Gasteiger partial charge in [-0.3, -0.25) is 9.10 Å². The lowest BCUT2D eigenvalue weighted by molar-refractivity contribution is -0.115. The fraction of sp³-hybridized carbons (Fsp3) is 0.174. The zero-order valence-corrected chi connectivity index (χ0v) is 18.6. The predicted molar refractivity (Wildman–Crippen MR) is 122 cm³/mol. The van der Waals surface area contributed by atoms with Crippen molar-refractivity contribution in [3.05, 3.63) is 88.4 Å². The number of halogens is 1. The van der Waals surface area contributed by atoms with Crippen LogP contribution in [0.5, 0.6) is 0 Å². The third-order valence-electron chi connectivity index (χ3n) is 4.82. The summed E-state index contributed by atoms with van der Waals surface area (Å²) in [7, 11) is -2.14. The van der Waals surface area contributed by atoms with Crippen molar-refractivity contribution >= 4 is 38.9 Å². The van der Waals surface area contributed by atoms with E-state index in [4.69, 9.17) is 11.6 Å². The van der Waals surface area contributed by atoms with Gasteiger partial charge in [0.05, 0.1) is 17.0 Å². The van der Waals surface area contributed by atoms with Crippen molar-refractivity contribution in [2.24, 2.45) is 0 Å². The molecule has 1 amide bonds. The maximum absolute atomic E-state index is 12.8. The number of nitrogens with zero attached hydrogens (tertiary/aromatic N) is 1. The molecule has 0 aliphatic rings. The Balaban J connectivity index is 1.70. The zero-order chi connectivity index (χ0) is 21.9. The van der Waals surface area contributed by atoms with Gasteiger partial charge in [-0.15, -0.1) is 0 Å². The highest BCUT2D eigenvalue weighted by Gasteiger charge is 2.21. The van der Waals surface area contributed by atoms with E-state index in [1.54, 1.807) is 60.7 Å². The predicted octanol–water partition coefficient (Wildman–Crippen LogP) is 4.96. The van der Waals surface area contributed by atoms with Crippen LogP contribution in [0, 0.1) is 13.8 Å². The highest BCUT2D eigenvalue weighted by molar-refractivity contribution is 7.92. The lowest BCUT2D eigenvalue weighted by Crippen LogP contribution is -2.26. The molecule has 0 heterocycles. The number of hydrogen-bond acceptors (Lipinski definition) is 3. The molecule has 0 saturated heterocycles. The number of aryl methyl sites for hydroxylation is 2. The number of hydrogen-bond donors (Lipinski definition) is 1. The van der Waals surface area contributed by atoms with Crippen LogP contribution in [0.4, 0.5) is 11.4 Å². The smallest absolute Gasteiger partial charge is 0.264 e. The quantitative estimate of drug-likeness (QED) is 0.586. The largest absolute Gasteiger partial charge is 0.326 e. The van der Waals surface area contributed by atoms with E-state index in [9.17, 15) is 13.2 Å². The van der Waals surface area contributed by atoms with Crippen LogP contribution in [0.2, 0.25) is 5.02 Å². The number of amides is 1. The third kappa shape index (κ3) is 5.01. The highest BCUT2D eigenvalue weighted by Crippen LogP contribution is 2.24. The maximum Gasteiger partial charge on any atom is 0.264 e. The van der Waals surface area contributed by atoms with E-state index in [1.807, 2.05) is 19.9 Å². The fourth-order valence-electron chi connectivity index (χ4n) is 2.94. The van der Waals surface area contributed by atoms with Crippen molar-refractivity contribution in [1.29, 1.82) is 0 Å². The van der Waals surface area contributed by atoms with Crippen LogP contribution in [0.3, 0.4) is 0 Å². The zero-order valence-electron chi connectivity index (χ0n) is 17.0. The van der Waals surface area contributed by atoms with Gasteiger partial charge in [-0.25, -0.2) is 8.42 Å². The van der Waals surface area contributed by atoms with Crippen LogP contribution < -0.4 is 9.62 Å². The normalized spacial score (nSPS) is 11.2. The number of anilines is 2. The van der Waals surface area contributed by atoms with Crippen molar-refractivity contribution in [3.63, 3.8) is 0 Å². The highest BCUT2D eigenvalue weighted by atomic mass is 35.5. The first-order valence-electron chi connectivity index (χ1n) is 9.37. The van der Waals surface area contributed by atoms with Gasteiger partial charge in [0.25, 0.3) is 10.0 Å². The molecule has 0 radical (unpaired) electrons. The van der Waals surface area contributed by atoms with Crippen LogP contribution in [0.25, 0.3) is 0 Å². The molecule has 0 fully saturated rings. The minimum Gasteiger partial charge on any atom is -0.326 e. The molecule has 30 heavy (non-hydrogen) atoms. The molecular weight excluding hydrogens is 420 g/mol. The second-order valence-corrected chi connectivity index (χ2v) is 9.54. The topological polar surface area (TPSA) is 66.5 Å². The van der Waals surface area contributed by atoms with Crippen molar-refractivity contribution < 1.29 is 13.2 Å². The molecule has 7 heteroatoms. The van der Waals surface area contributed by atoms with Crippen LogP contribution in [-0.2, 0) is 21.2 Å². The Labute approximate surface area is 182 Å². The van der Waals surface area contributed by atoms with Gasteiger partial charge in [-0.2, -0.15) is 0 Å². The summed E-state index contributed by atoms with van der Waals surface area (Å²) >= 11 is 5.99. The first-order valence-corrected chi connectivity index (χ1v) is 11.2. The number of sulfonamides is 1. The van der Waals surface area contributed by atoms with Crippen molar-refractivity contribution in [2.75, 3.05) is 16.7 Å². The second-order valence-electron chi connectivity index (χ2n) is 7.14. The first-order chi connectivity index (χ1) is 14.2.